The van der Waals surface area contributed by atoms with E-state index in [0.717, 1.165) is 30.2 Å². The van der Waals surface area contributed by atoms with Gasteiger partial charge in [0.1, 0.15) is 5.69 Å². The first-order valence-electron chi connectivity index (χ1n) is 14.4. The monoisotopic (exact) mass is 529 g/mol. The summed E-state index contributed by atoms with van der Waals surface area (Å²) in [5, 5.41) is 6.80. The third kappa shape index (κ3) is 8.27. The molecule has 0 spiro atoms. The molecule has 0 bridgehead atoms. The molecule has 1 aliphatic rings. The molecular formula is C32H41N4O3. The molecule has 4 N–H and O–H groups in total. The third-order valence-corrected chi connectivity index (χ3v) is 7.80. The Morgan fingerprint density at radius 3 is 2.51 bits per heavy atom. The summed E-state index contributed by atoms with van der Waals surface area (Å²) < 4.78 is 1.96. The van der Waals surface area contributed by atoms with Crippen molar-refractivity contribution < 1.29 is 14.4 Å². The lowest BCUT2D eigenvalue weighted by Crippen LogP contribution is -2.42. The van der Waals surface area contributed by atoms with Gasteiger partial charge in [0.2, 0.25) is 12.2 Å². The molecule has 4 rings (SSSR count). The SMILES string of the molecule is N[C@H](CC1CCCCC1)C(=O)NCCCn1c(C(=O)N[C@@H]([C]=O)CCCc2ccccc2)cc2ccccc21. The number of nitrogens with zero attached hydrogens (tertiary/aromatic N) is 1. The molecule has 3 aromatic rings. The molecule has 7 nitrogen and oxygen atoms in total. The van der Waals surface area contributed by atoms with Crippen molar-refractivity contribution in [1.82, 2.24) is 15.2 Å². The Balaban J connectivity index is 1.31. The van der Waals surface area contributed by atoms with Crippen molar-refractivity contribution in [2.75, 3.05) is 6.54 Å². The Labute approximate surface area is 231 Å². The first-order valence-corrected chi connectivity index (χ1v) is 14.4. The maximum atomic E-state index is 13.3. The summed E-state index contributed by atoms with van der Waals surface area (Å²) in [7, 11) is 0. The van der Waals surface area contributed by atoms with E-state index in [9.17, 15) is 14.4 Å². The van der Waals surface area contributed by atoms with E-state index in [1.807, 2.05) is 59.4 Å². The number of fused-ring (bicyclic) bond motifs is 1. The van der Waals surface area contributed by atoms with Gasteiger partial charge in [-0.1, -0.05) is 80.6 Å². The molecule has 2 amide bonds. The van der Waals surface area contributed by atoms with Gasteiger partial charge in [-0.2, -0.15) is 0 Å². The average Bonchev–Trinajstić information content (AvgIpc) is 3.34. The maximum absolute atomic E-state index is 13.3. The summed E-state index contributed by atoms with van der Waals surface area (Å²) in [6.07, 6.45) is 11.6. The number of carbonyl (C=O) groups is 2. The van der Waals surface area contributed by atoms with E-state index >= 15 is 0 Å². The van der Waals surface area contributed by atoms with Gasteiger partial charge in [0, 0.05) is 24.0 Å². The molecule has 1 fully saturated rings. The van der Waals surface area contributed by atoms with E-state index in [0.29, 0.717) is 37.5 Å². The number of amides is 2. The van der Waals surface area contributed by atoms with E-state index < -0.39 is 12.1 Å². The van der Waals surface area contributed by atoms with Crippen LogP contribution < -0.4 is 16.4 Å². The fourth-order valence-corrected chi connectivity index (χ4v) is 5.66. The quantitative estimate of drug-likeness (QED) is 0.264. The van der Waals surface area contributed by atoms with Gasteiger partial charge in [0.15, 0.2) is 0 Å². The summed E-state index contributed by atoms with van der Waals surface area (Å²) in [5.41, 5.74) is 8.84. The van der Waals surface area contributed by atoms with Gasteiger partial charge in [0.05, 0.1) is 12.1 Å². The normalized spacial score (nSPS) is 15.5. The van der Waals surface area contributed by atoms with Gasteiger partial charge in [-0.15, -0.1) is 0 Å². The minimum Gasteiger partial charge on any atom is -0.355 e. The molecule has 1 aliphatic carbocycles. The van der Waals surface area contributed by atoms with Crippen LogP contribution in [0.3, 0.4) is 0 Å². The zero-order chi connectivity index (χ0) is 27.5. The Morgan fingerprint density at radius 2 is 1.74 bits per heavy atom. The molecule has 0 saturated heterocycles. The van der Waals surface area contributed by atoms with Crippen molar-refractivity contribution in [3.63, 3.8) is 0 Å². The highest BCUT2D eigenvalue weighted by Crippen LogP contribution is 2.27. The second-order valence-corrected chi connectivity index (χ2v) is 10.8. The summed E-state index contributed by atoms with van der Waals surface area (Å²) in [5.74, 6) is 0.158. The number of carbonyl (C=O) groups excluding carboxylic acids is 3. The smallest absolute Gasteiger partial charge is 0.268 e. The first-order chi connectivity index (χ1) is 19.0. The minimum atomic E-state index is -0.669. The summed E-state index contributed by atoms with van der Waals surface area (Å²) in [6.45, 7) is 1.03. The van der Waals surface area contributed by atoms with E-state index in [2.05, 4.69) is 22.8 Å². The van der Waals surface area contributed by atoms with Crippen LogP contribution in [0.5, 0.6) is 0 Å². The average molecular weight is 530 g/mol. The Hall–Kier alpha value is -3.45. The first kappa shape index (κ1) is 28.6. The van der Waals surface area contributed by atoms with Crippen LogP contribution in [0, 0.1) is 5.92 Å². The number of aromatic nitrogens is 1. The standard InChI is InChI=1S/C32H41N4O3/c33-28(21-25-13-5-2-6-14-25)31(38)34-19-10-20-36-29-18-8-7-16-26(29)22-30(36)32(39)35-27(23-37)17-9-15-24-11-3-1-4-12-24/h1,3-4,7-8,11-12,16,18,22,25,27-28H,2,5-6,9-10,13-15,17,19-21,33H2,(H,34,38)(H,35,39)/t27-,28-/m1/s1. The lowest BCUT2D eigenvalue weighted by Gasteiger charge is -2.24. The number of benzene rings is 2. The summed E-state index contributed by atoms with van der Waals surface area (Å²) in [6, 6.07) is 18.6. The lowest BCUT2D eigenvalue weighted by molar-refractivity contribution is -0.122. The minimum absolute atomic E-state index is 0.101. The maximum Gasteiger partial charge on any atom is 0.268 e. The van der Waals surface area contributed by atoms with E-state index in [-0.39, 0.29) is 11.8 Å². The van der Waals surface area contributed by atoms with Crippen LogP contribution >= 0.6 is 0 Å². The van der Waals surface area contributed by atoms with Gasteiger partial charge in [-0.3, -0.25) is 14.4 Å². The number of aryl methyl sites for hydroxylation is 2. The molecular weight excluding hydrogens is 488 g/mol. The Bertz CT molecular complexity index is 1220. The fourth-order valence-electron chi connectivity index (χ4n) is 5.66. The van der Waals surface area contributed by atoms with Gasteiger partial charge in [-0.25, -0.2) is 0 Å². The fraction of sp³-hybridized carbons (Fsp3) is 0.469. The predicted octanol–water partition coefficient (Wildman–Crippen LogP) is 4.68. The van der Waals surface area contributed by atoms with Crippen molar-refractivity contribution >= 4 is 29.0 Å². The van der Waals surface area contributed by atoms with Crippen LogP contribution in [-0.4, -0.2) is 41.3 Å². The highest BCUT2D eigenvalue weighted by molar-refractivity contribution is 5.99. The predicted molar refractivity (Wildman–Crippen MR) is 155 cm³/mol. The molecule has 39 heavy (non-hydrogen) atoms. The van der Waals surface area contributed by atoms with Crippen LogP contribution in [0.4, 0.5) is 0 Å². The third-order valence-electron chi connectivity index (χ3n) is 7.80. The molecule has 7 heteroatoms. The van der Waals surface area contributed by atoms with E-state index in [1.54, 1.807) is 0 Å². The molecule has 1 heterocycles. The topological polar surface area (TPSA) is 106 Å². The van der Waals surface area contributed by atoms with Crippen molar-refractivity contribution in [3.05, 3.63) is 71.9 Å². The number of nitrogens with one attached hydrogen (secondary N) is 2. The van der Waals surface area contributed by atoms with Crippen molar-refractivity contribution in [3.8, 4) is 0 Å². The number of para-hydroxylation sites is 1. The van der Waals surface area contributed by atoms with Gasteiger partial charge in [-0.05, 0) is 55.7 Å². The molecule has 0 aliphatic heterocycles. The molecule has 1 aromatic heterocycles. The molecule has 1 radical (unpaired) electrons. The molecule has 0 unspecified atom stereocenters. The molecule has 2 atom stereocenters. The Kier molecular flexibility index (Phi) is 10.7. The largest absolute Gasteiger partial charge is 0.355 e. The van der Waals surface area contributed by atoms with Gasteiger partial charge in [0.25, 0.3) is 5.91 Å². The van der Waals surface area contributed by atoms with Crippen molar-refractivity contribution in [1.29, 1.82) is 0 Å². The molecule has 2 aromatic carbocycles. The highest BCUT2D eigenvalue weighted by atomic mass is 16.2. The van der Waals surface area contributed by atoms with Crippen molar-refractivity contribution in [2.45, 2.75) is 82.8 Å². The van der Waals surface area contributed by atoms with Gasteiger partial charge >= 0.3 is 0 Å². The number of hydrogen-bond acceptors (Lipinski definition) is 4. The summed E-state index contributed by atoms with van der Waals surface area (Å²) >= 11 is 0. The molecule has 1 saturated carbocycles. The van der Waals surface area contributed by atoms with E-state index in [4.69, 9.17) is 5.73 Å². The van der Waals surface area contributed by atoms with Crippen molar-refractivity contribution in [2.24, 2.45) is 11.7 Å². The molecule has 207 valence electrons. The van der Waals surface area contributed by atoms with Crippen LogP contribution in [0.25, 0.3) is 10.9 Å². The van der Waals surface area contributed by atoms with E-state index in [1.165, 1.54) is 37.7 Å². The van der Waals surface area contributed by atoms with Crippen LogP contribution in [-0.2, 0) is 22.6 Å². The van der Waals surface area contributed by atoms with Gasteiger partial charge < -0.3 is 20.9 Å². The second kappa shape index (κ2) is 14.6. The second-order valence-electron chi connectivity index (χ2n) is 10.8. The number of rotatable bonds is 14. The zero-order valence-corrected chi connectivity index (χ0v) is 22.7. The van der Waals surface area contributed by atoms with Crippen LogP contribution in [0.2, 0.25) is 0 Å². The van der Waals surface area contributed by atoms with Crippen LogP contribution in [0.1, 0.15) is 73.8 Å². The zero-order valence-electron chi connectivity index (χ0n) is 22.7. The van der Waals surface area contributed by atoms with Crippen LogP contribution in [0.15, 0.2) is 60.7 Å². The number of hydrogen-bond donors (Lipinski definition) is 3. The number of nitrogens with two attached hydrogens (primary N) is 1. The lowest BCUT2D eigenvalue weighted by atomic mass is 9.85. The highest BCUT2D eigenvalue weighted by Gasteiger charge is 2.22. The Morgan fingerprint density at radius 1 is 1.00 bits per heavy atom. The summed E-state index contributed by atoms with van der Waals surface area (Å²) in [4.78, 5) is 37.4.